The van der Waals surface area contributed by atoms with Gasteiger partial charge in [-0.3, -0.25) is 0 Å². The molecule has 1 spiro atoms. The SMILES string of the molecule is CCOC1CC(Nc2cccc(Cl)c2)C12CCC2. The average Bonchev–Trinajstić information content (AvgIpc) is 2.25. The third kappa shape index (κ3) is 1.92. The number of ether oxygens (including phenoxy) is 1. The first-order valence-corrected chi connectivity index (χ1v) is 7.26. The summed E-state index contributed by atoms with van der Waals surface area (Å²) in [5.41, 5.74) is 1.53. The minimum absolute atomic E-state index is 0.401. The molecule has 18 heavy (non-hydrogen) atoms. The predicted molar refractivity (Wildman–Crippen MR) is 75.2 cm³/mol. The zero-order valence-corrected chi connectivity index (χ0v) is 11.5. The fourth-order valence-corrected chi connectivity index (χ4v) is 3.61. The van der Waals surface area contributed by atoms with Gasteiger partial charge in [-0.15, -0.1) is 0 Å². The van der Waals surface area contributed by atoms with Gasteiger partial charge in [-0.25, -0.2) is 0 Å². The molecule has 3 rings (SSSR count). The maximum Gasteiger partial charge on any atom is 0.0670 e. The topological polar surface area (TPSA) is 21.3 Å². The van der Waals surface area contributed by atoms with Crippen molar-refractivity contribution in [3.63, 3.8) is 0 Å². The highest BCUT2D eigenvalue weighted by Gasteiger charge is 2.58. The molecule has 3 heteroatoms. The monoisotopic (exact) mass is 265 g/mol. The van der Waals surface area contributed by atoms with Crippen molar-refractivity contribution in [2.45, 2.75) is 44.8 Å². The summed E-state index contributed by atoms with van der Waals surface area (Å²) in [5, 5.41) is 4.43. The minimum atomic E-state index is 0.401. The zero-order chi connectivity index (χ0) is 12.6. The zero-order valence-electron chi connectivity index (χ0n) is 10.8. The maximum atomic E-state index is 6.02. The molecule has 0 saturated heterocycles. The van der Waals surface area contributed by atoms with Gasteiger partial charge in [0.2, 0.25) is 0 Å². The van der Waals surface area contributed by atoms with Crippen molar-refractivity contribution in [2.75, 3.05) is 11.9 Å². The fourth-order valence-electron chi connectivity index (χ4n) is 3.42. The fraction of sp³-hybridized carbons (Fsp3) is 0.600. The van der Waals surface area contributed by atoms with Gasteiger partial charge in [0.1, 0.15) is 0 Å². The normalized spacial score (nSPS) is 28.6. The Bertz CT molecular complexity index is 430. The minimum Gasteiger partial charge on any atom is -0.382 e. The molecule has 2 unspecified atom stereocenters. The Balaban J connectivity index is 1.68. The summed E-state index contributed by atoms with van der Waals surface area (Å²) in [4.78, 5) is 0. The van der Waals surface area contributed by atoms with Crippen molar-refractivity contribution >= 4 is 17.3 Å². The van der Waals surface area contributed by atoms with Crippen LogP contribution in [0.3, 0.4) is 0 Å². The van der Waals surface area contributed by atoms with Gasteiger partial charge in [0.05, 0.1) is 6.10 Å². The summed E-state index contributed by atoms with van der Waals surface area (Å²) >= 11 is 6.02. The first-order valence-electron chi connectivity index (χ1n) is 6.88. The third-order valence-corrected chi connectivity index (χ3v) is 4.84. The Morgan fingerprint density at radius 3 is 2.89 bits per heavy atom. The van der Waals surface area contributed by atoms with Gasteiger partial charge in [-0.1, -0.05) is 24.1 Å². The average molecular weight is 266 g/mol. The van der Waals surface area contributed by atoms with E-state index in [1.54, 1.807) is 0 Å². The Kier molecular flexibility index (Phi) is 3.25. The number of nitrogens with one attached hydrogen (secondary N) is 1. The number of hydrogen-bond acceptors (Lipinski definition) is 2. The van der Waals surface area contributed by atoms with Gasteiger partial charge in [0.15, 0.2) is 0 Å². The lowest BCUT2D eigenvalue weighted by Gasteiger charge is -2.61. The van der Waals surface area contributed by atoms with E-state index in [1.807, 2.05) is 18.2 Å². The molecule has 98 valence electrons. The molecule has 2 aliphatic rings. The number of benzene rings is 1. The van der Waals surface area contributed by atoms with Gasteiger partial charge in [0, 0.05) is 28.8 Å². The summed E-state index contributed by atoms with van der Waals surface area (Å²) in [7, 11) is 0. The van der Waals surface area contributed by atoms with E-state index in [1.165, 1.54) is 19.3 Å². The van der Waals surface area contributed by atoms with Crippen molar-refractivity contribution < 1.29 is 4.74 Å². The molecule has 1 N–H and O–H groups in total. The molecule has 1 aromatic rings. The molecular weight excluding hydrogens is 246 g/mol. The molecule has 2 fully saturated rings. The van der Waals surface area contributed by atoms with E-state index in [4.69, 9.17) is 16.3 Å². The number of anilines is 1. The molecule has 0 heterocycles. The molecule has 2 saturated carbocycles. The van der Waals surface area contributed by atoms with Gasteiger partial charge in [-0.05, 0) is 44.4 Å². The van der Waals surface area contributed by atoms with Crippen LogP contribution in [0.2, 0.25) is 5.02 Å². The van der Waals surface area contributed by atoms with Crippen LogP contribution in [0, 0.1) is 5.41 Å². The quantitative estimate of drug-likeness (QED) is 0.885. The van der Waals surface area contributed by atoms with Gasteiger partial charge < -0.3 is 10.1 Å². The van der Waals surface area contributed by atoms with Crippen molar-refractivity contribution in [1.82, 2.24) is 0 Å². The van der Waals surface area contributed by atoms with E-state index in [9.17, 15) is 0 Å². The van der Waals surface area contributed by atoms with Crippen LogP contribution >= 0.6 is 11.6 Å². The molecule has 2 nitrogen and oxygen atoms in total. The third-order valence-electron chi connectivity index (χ3n) is 4.60. The highest BCUT2D eigenvalue weighted by atomic mass is 35.5. The summed E-state index contributed by atoms with van der Waals surface area (Å²) in [5.74, 6) is 0. The highest BCUT2D eigenvalue weighted by molar-refractivity contribution is 6.30. The lowest BCUT2D eigenvalue weighted by molar-refractivity contribution is -0.157. The summed E-state index contributed by atoms with van der Waals surface area (Å²) < 4.78 is 5.86. The lowest BCUT2D eigenvalue weighted by atomic mass is 9.51. The molecule has 2 atom stereocenters. The second kappa shape index (κ2) is 4.75. The second-order valence-corrected chi connectivity index (χ2v) is 5.91. The first kappa shape index (κ1) is 12.3. The van der Waals surface area contributed by atoms with E-state index in [0.717, 1.165) is 23.7 Å². The van der Waals surface area contributed by atoms with Crippen LogP contribution in [0.15, 0.2) is 24.3 Å². The van der Waals surface area contributed by atoms with Crippen molar-refractivity contribution in [2.24, 2.45) is 5.41 Å². The largest absolute Gasteiger partial charge is 0.382 e. The maximum absolute atomic E-state index is 6.02. The van der Waals surface area contributed by atoms with Gasteiger partial charge >= 0.3 is 0 Å². The first-order chi connectivity index (χ1) is 8.74. The van der Waals surface area contributed by atoms with E-state index < -0.39 is 0 Å². The summed E-state index contributed by atoms with van der Waals surface area (Å²) in [6.45, 7) is 2.92. The predicted octanol–water partition coefficient (Wildman–Crippen LogP) is 4.10. The van der Waals surface area contributed by atoms with Crippen LogP contribution in [-0.2, 0) is 4.74 Å². The van der Waals surface area contributed by atoms with Gasteiger partial charge in [0.25, 0.3) is 0 Å². The van der Waals surface area contributed by atoms with Crippen LogP contribution in [0.25, 0.3) is 0 Å². The Hall–Kier alpha value is -0.730. The lowest BCUT2D eigenvalue weighted by Crippen LogP contribution is -2.64. The Morgan fingerprint density at radius 2 is 2.28 bits per heavy atom. The Morgan fingerprint density at radius 1 is 1.44 bits per heavy atom. The number of halogens is 1. The summed E-state index contributed by atoms with van der Waals surface area (Å²) in [6.07, 6.45) is 5.54. The number of rotatable bonds is 4. The molecule has 0 amide bonds. The van der Waals surface area contributed by atoms with Gasteiger partial charge in [-0.2, -0.15) is 0 Å². The van der Waals surface area contributed by atoms with E-state index in [0.29, 0.717) is 17.6 Å². The van der Waals surface area contributed by atoms with E-state index >= 15 is 0 Å². The van der Waals surface area contributed by atoms with E-state index in [-0.39, 0.29) is 0 Å². The van der Waals surface area contributed by atoms with Crippen LogP contribution in [0.1, 0.15) is 32.6 Å². The molecule has 0 radical (unpaired) electrons. The molecular formula is C15H20ClNO. The van der Waals surface area contributed by atoms with E-state index in [2.05, 4.69) is 18.3 Å². The van der Waals surface area contributed by atoms with Crippen molar-refractivity contribution in [1.29, 1.82) is 0 Å². The standard InChI is InChI=1S/C15H20ClNO/c1-2-18-14-10-13(15(14)7-4-8-15)17-12-6-3-5-11(16)9-12/h3,5-6,9,13-14,17H,2,4,7-8,10H2,1H3. The second-order valence-electron chi connectivity index (χ2n) is 5.47. The smallest absolute Gasteiger partial charge is 0.0670 e. The van der Waals surface area contributed by atoms with Crippen LogP contribution < -0.4 is 5.32 Å². The molecule has 1 aromatic carbocycles. The Labute approximate surface area is 114 Å². The molecule has 2 aliphatic carbocycles. The molecule has 0 bridgehead atoms. The highest BCUT2D eigenvalue weighted by Crippen LogP contribution is 2.58. The van der Waals surface area contributed by atoms with Crippen LogP contribution in [0.5, 0.6) is 0 Å². The van der Waals surface area contributed by atoms with Crippen LogP contribution in [0.4, 0.5) is 5.69 Å². The number of hydrogen-bond donors (Lipinski definition) is 1. The summed E-state index contributed by atoms with van der Waals surface area (Å²) in [6, 6.07) is 8.56. The molecule has 0 aliphatic heterocycles. The van der Waals surface area contributed by atoms with Crippen molar-refractivity contribution in [3.8, 4) is 0 Å². The van der Waals surface area contributed by atoms with Crippen LogP contribution in [-0.4, -0.2) is 18.8 Å². The molecule has 0 aromatic heterocycles. The van der Waals surface area contributed by atoms with Crippen molar-refractivity contribution in [3.05, 3.63) is 29.3 Å².